The van der Waals surface area contributed by atoms with E-state index < -0.39 is 28.8 Å². The first-order chi connectivity index (χ1) is 13.0. The summed E-state index contributed by atoms with van der Waals surface area (Å²) in [6, 6.07) is 5.66. The van der Waals surface area contributed by atoms with E-state index >= 15 is 0 Å². The number of aromatic nitrogens is 1. The minimum atomic E-state index is -4.44. The number of nitrogens with zero attached hydrogens (tertiary/aromatic N) is 3. The number of hydrogen-bond acceptors (Lipinski definition) is 4. The van der Waals surface area contributed by atoms with Crippen LogP contribution < -0.4 is 4.90 Å². The lowest BCUT2D eigenvalue weighted by Gasteiger charge is -2.27. The highest BCUT2D eigenvalue weighted by atomic mass is 32.2. The Morgan fingerprint density at radius 3 is 2.32 bits per heavy atom. The molecule has 1 aliphatic rings. The monoisotopic (exact) mass is 413 g/mol. The Labute approximate surface area is 162 Å². The summed E-state index contributed by atoms with van der Waals surface area (Å²) in [4.78, 5) is 31.4. The van der Waals surface area contributed by atoms with E-state index in [1.165, 1.54) is 55.3 Å². The Balaban J connectivity index is 1.88. The molecule has 0 radical (unpaired) electrons. The van der Waals surface area contributed by atoms with E-state index in [-0.39, 0.29) is 34.5 Å². The standard InChI is InChI=1S/C18H15F4N3O2S/c1-17(2)15(26)25(12-3-5-13(6-4-12)28-18(20,21)22)16(27)24(17)10-11-7-8-23-9-14(11)19/h3-9H,10H2,1-2H3. The van der Waals surface area contributed by atoms with E-state index in [1.807, 2.05) is 0 Å². The van der Waals surface area contributed by atoms with Crippen LogP contribution in [0, 0.1) is 5.82 Å². The zero-order valence-electron chi connectivity index (χ0n) is 14.8. The molecule has 2 heterocycles. The normalized spacial score (nSPS) is 16.8. The molecule has 1 fully saturated rings. The van der Waals surface area contributed by atoms with Crippen molar-refractivity contribution >= 4 is 29.4 Å². The van der Waals surface area contributed by atoms with Crippen LogP contribution in [0.25, 0.3) is 0 Å². The van der Waals surface area contributed by atoms with E-state index in [0.29, 0.717) is 0 Å². The molecule has 0 spiro atoms. The molecule has 0 atom stereocenters. The molecule has 3 amide bonds. The number of anilines is 1. The number of rotatable bonds is 4. The molecule has 0 N–H and O–H groups in total. The second kappa shape index (κ2) is 7.08. The maximum absolute atomic E-state index is 13.9. The molecule has 28 heavy (non-hydrogen) atoms. The lowest BCUT2D eigenvalue weighted by atomic mass is 10.0. The lowest BCUT2D eigenvalue weighted by molar-refractivity contribution is -0.123. The fourth-order valence-electron chi connectivity index (χ4n) is 2.83. The molecule has 0 unspecified atom stereocenters. The van der Waals surface area contributed by atoms with E-state index in [4.69, 9.17) is 0 Å². The molecule has 3 rings (SSSR count). The van der Waals surface area contributed by atoms with Crippen LogP contribution in [0.5, 0.6) is 0 Å². The largest absolute Gasteiger partial charge is 0.446 e. The van der Waals surface area contributed by atoms with Crippen molar-refractivity contribution < 1.29 is 27.2 Å². The topological polar surface area (TPSA) is 53.5 Å². The zero-order chi connectivity index (χ0) is 20.7. The second-order valence-corrected chi connectivity index (χ2v) is 7.72. The fraction of sp³-hybridized carbons (Fsp3) is 0.278. The van der Waals surface area contributed by atoms with Gasteiger partial charge >= 0.3 is 11.5 Å². The smallest absolute Gasteiger partial charge is 0.305 e. The van der Waals surface area contributed by atoms with Crippen molar-refractivity contribution in [2.24, 2.45) is 0 Å². The van der Waals surface area contributed by atoms with Gasteiger partial charge in [-0.15, -0.1) is 0 Å². The number of halogens is 4. The van der Waals surface area contributed by atoms with Gasteiger partial charge < -0.3 is 4.90 Å². The molecule has 1 saturated heterocycles. The minimum Gasteiger partial charge on any atom is -0.305 e. The van der Waals surface area contributed by atoms with Gasteiger partial charge in [-0.3, -0.25) is 9.78 Å². The molecule has 10 heteroatoms. The number of thioether (sulfide) groups is 1. The molecule has 1 aliphatic heterocycles. The highest BCUT2D eigenvalue weighted by Crippen LogP contribution is 2.38. The highest BCUT2D eigenvalue weighted by molar-refractivity contribution is 8.00. The summed E-state index contributed by atoms with van der Waals surface area (Å²) in [6.45, 7) is 2.91. The SMILES string of the molecule is CC1(C)C(=O)N(c2ccc(SC(F)(F)F)cc2)C(=O)N1Cc1ccncc1F. The van der Waals surface area contributed by atoms with Gasteiger partial charge in [0.05, 0.1) is 18.4 Å². The van der Waals surface area contributed by atoms with Crippen LogP contribution in [-0.4, -0.2) is 32.9 Å². The Morgan fingerprint density at radius 2 is 1.75 bits per heavy atom. The Bertz CT molecular complexity index is 916. The van der Waals surface area contributed by atoms with Crippen molar-refractivity contribution in [1.29, 1.82) is 0 Å². The number of hydrogen-bond donors (Lipinski definition) is 0. The molecule has 0 bridgehead atoms. The quantitative estimate of drug-likeness (QED) is 0.418. The predicted octanol–water partition coefficient (Wildman–Crippen LogP) is 4.58. The molecule has 0 saturated carbocycles. The van der Waals surface area contributed by atoms with Gasteiger partial charge in [0.1, 0.15) is 11.4 Å². The highest BCUT2D eigenvalue weighted by Gasteiger charge is 2.51. The number of amides is 3. The van der Waals surface area contributed by atoms with Gasteiger partial charge in [-0.2, -0.15) is 13.2 Å². The van der Waals surface area contributed by atoms with Crippen molar-refractivity contribution in [1.82, 2.24) is 9.88 Å². The Morgan fingerprint density at radius 1 is 1.11 bits per heavy atom. The van der Waals surface area contributed by atoms with Crippen LogP contribution in [0.3, 0.4) is 0 Å². The van der Waals surface area contributed by atoms with Gasteiger partial charge in [-0.05, 0) is 55.9 Å². The Kier molecular flexibility index (Phi) is 5.09. The summed E-state index contributed by atoms with van der Waals surface area (Å²) >= 11 is -0.289. The van der Waals surface area contributed by atoms with E-state index in [9.17, 15) is 27.2 Å². The number of pyridine rings is 1. The van der Waals surface area contributed by atoms with Gasteiger partial charge in [0.25, 0.3) is 5.91 Å². The van der Waals surface area contributed by atoms with E-state index in [2.05, 4.69) is 4.98 Å². The number of urea groups is 1. The van der Waals surface area contributed by atoms with Crippen molar-refractivity contribution in [2.45, 2.75) is 36.3 Å². The van der Waals surface area contributed by atoms with E-state index in [1.54, 1.807) is 0 Å². The van der Waals surface area contributed by atoms with Crippen LogP contribution in [-0.2, 0) is 11.3 Å². The second-order valence-electron chi connectivity index (χ2n) is 6.58. The van der Waals surface area contributed by atoms with Crippen molar-refractivity contribution in [3.63, 3.8) is 0 Å². The maximum atomic E-state index is 13.9. The van der Waals surface area contributed by atoms with Crippen LogP contribution >= 0.6 is 11.8 Å². The average molecular weight is 413 g/mol. The molecule has 2 aromatic rings. The first-order valence-corrected chi connectivity index (χ1v) is 8.93. The number of imide groups is 1. The summed E-state index contributed by atoms with van der Waals surface area (Å²) in [7, 11) is 0. The van der Waals surface area contributed by atoms with Gasteiger partial charge in [0.2, 0.25) is 0 Å². The van der Waals surface area contributed by atoms with Crippen LogP contribution in [0.2, 0.25) is 0 Å². The minimum absolute atomic E-state index is 0.0645. The van der Waals surface area contributed by atoms with Crippen molar-refractivity contribution in [3.8, 4) is 0 Å². The predicted molar refractivity (Wildman–Crippen MR) is 95.1 cm³/mol. The molecule has 0 aliphatic carbocycles. The van der Waals surface area contributed by atoms with Crippen molar-refractivity contribution in [2.75, 3.05) is 4.90 Å². The van der Waals surface area contributed by atoms with E-state index in [0.717, 1.165) is 11.1 Å². The summed E-state index contributed by atoms with van der Waals surface area (Å²) in [5.41, 5.74) is -5.35. The van der Waals surface area contributed by atoms with Gasteiger partial charge in [0.15, 0.2) is 0 Å². The van der Waals surface area contributed by atoms with Gasteiger partial charge in [-0.1, -0.05) is 0 Å². The number of carbonyl (C=O) groups is 2. The van der Waals surface area contributed by atoms with Gasteiger partial charge in [0, 0.05) is 16.7 Å². The van der Waals surface area contributed by atoms with Crippen LogP contribution in [0.1, 0.15) is 19.4 Å². The third-order valence-electron chi connectivity index (χ3n) is 4.34. The molecule has 1 aromatic heterocycles. The molecule has 5 nitrogen and oxygen atoms in total. The molecule has 1 aromatic carbocycles. The molecular weight excluding hydrogens is 398 g/mol. The number of alkyl halides is 3. The fourth-order valence-corrected chi connectivity index (χ4v) is 3.37. The molecule has 148 valence electrons. The summed E-state index contributed by atoms with van der Waals surface area (Å²) in [5.74, 6) is -1.16. The van der Waals surface area contributed by atoms with Crippen LogP contribution in [0.15, 0.2) is 47.6 Å². The molecular formula is C18H15F4N3O2S. The summed E-state index contributed by atoms with van der Waals surface area (Å²) < 4.78 is 51.3. The number of benzene rings is 1. The summed E-state index contributed by atoms with van der Waals surface area (Å²) in [5, 5.41) is 0. The maximum Gasteiger partial charge on any atom is 0.446 e. The number of carbonyl (C=O) groups excluding carboxylic acids is 2. The first-order valence-electron chi connectivity index (χ1n) is 8.11. The third-order valence-corrected chi connectivity index (χ3v) is 5.08. The van der Waals surface area contributed by atoms with Crippen molar-refractivity contribution in [3.05, 3.63) is 54.1 Å². The van der Waals surface area contributed by atoms with Gasteiger partial charge in [-0.25, -0.2) is 14.1 Å². The summed E-state index contributed by atoms with van der Waals surface area (Å²) in [6.07, 6.45) is 2.39. The third kappa shape index (κ3) is 3.82. The lowest BCUT2D eigenvalue weighted by Crippen LogP contribution is -2.43. The zero-order valence-corrected chi connectivity index (χ0v) is 15.6. The first kappa shape index (κ1) is 20.1. The van der Waals surface area contributed by atoms with Crippen LogP contribution in [0.4, 0.5) is 28.0 Å². The average Bonchev–Trinajstić information content (AvgIpc) is 2.76. The Hall–Kier alpha value is -2.62.